The molecule has 1 amide bonds. The zero-order chi connectivity index (χ0) is 13.8. The van der Waals surface area contributed by atoms with E-state index in [0.29, 0.717) is 22.5 Å². The number of carbonyl (C=O) groups excluding carboxylic acids is 1. The molecule has 6 heteroatoms. The molecule has 1 heterocycles. The molecule has 0 saturated heterocycles. The SMILES string of the molecule is NC(=O)c1cccc(N)c1CNc1cncc(F)c1. The zero-order valence-corrected chi connectivity index (χ0v) is 10.1. The van der Waals surface area contributed by atoms with Crippen molar-refractivity contribution in [3.63, 3.8) is 0 Å². The topological polar surface area (TPSA) is 94.0 Å². The van der Waals surface area contributed by atoms with E-state index in [1.165, 1.54) is 12.3 Å². The summed E-state index contributed by atoms with van der Waals surface area (Å²) in [7, 11) is 0. The number of primary amides is 1. The molecular weight excluding hydrogens is 247 g/mol. The van der Waals surface area contributed by atoms with Crippen molar-refractivity contribution >= 4 is 17.3 Å². The van der Waals surface area contributed by atoms with Crippen LogP contribution in [0.1, 0.15) is 15.9 Å². The Morgan fingerprint density at radius 3 is 2.84 bits per heavy atom. The summed E-state index contributed by atoms with van der Waals surface area (Å²) in [6, 6.07) is 6.23. The lowest BCUT2D eigenvalue weighted by Crippen LogP contribution is -2.16. The summed E-state index contributed by atoms with van der Waals surface area (Å²) in [6.45, 7) is 0.260. The van der Waals surface area contributed by atoms with Crippen LogP contribution in [-0.4, -0.2) is 10.9 Å². The van der Waals surface area contributed by atoms with Crippen molar-refractivity contribution in [2.24, 2.45) is 5.73 Å². The molecule has 0 aliphatic rings. The van der Waals surface area contributed by atoms with E-state index in [1.807, 2.05) is 0 Å². The van der Waals surface area contributed by atoms with Gasteiger partial charge in [0.15, 0.2) is 0 Å². The first-order valence-corrected chi connectivity index (χ1v) is 5.59. The maximum atomic E-state index is 13.0. The number of hydrogen-bond acceptors (Lipinski definition) is 4. The Kier molecular flexibility index (Phi) is 3.61. The predicted octanol–water partition coefficient (Wildman–Crippen LogP) is 1.51. The molecule has 0 saturated carbocycles. The van der Waals surface area contributed by atoms with Crippen LogP contribution in [-0.2, 0) is 6.54 Å². The molecule has 5 nitrogen and oxygen atoms in total. The fourth-order valence-corrected chi connectivity index (χ4v) is 1.73. The number of amides is 1. The summed E-state index contributed by atoms with van der Waals surface area (Å²) in [4.78, 5) is 15.0. The van der Waals surface area contributed by atoms with Crippen molar-refractivity contribution in [1.82, 2.24) is 4.98 Å². The van der Waals surface area contributed by atoms with Crippen LogP contribution in [0.2, 0.25) is 0 Å². The van der Waals surface area contributed by atoms with Gasteiger partial charge in [-0.25, -0.2) is 4.39 Å². The average Bonchev–Trinajstić information content (AvgIpc) is 2.37. The molecule has 5 N–H and O–H groups in total. The first-order chi connectivity index (χ1) is 9.08. The molecule has 1 aromatic carbocycles. The van der Waals surface area contributed by atoms with Gasteiger partial charge in [0.25, 0.3) is 0 Å². The van der Waals surface area contributed by atoms with Gasteiger partial charge in [0.1, 0.15) is 5.82 Å². The lowest BCUT2D eigenvalue weighted by molar-refractivity contribution is 0.0999. The van der Waals surface area contributed by atoms with Crippen LogP contribution in [0.5, 0.6) is 0 Å². The number of nitrogens with two attached hydrogens (primary N) is 2. The van der Waals surface area contributed by atoms with E-state index >= 15 is 0 Å². The van der Waals surface area contributed by atoms with Gasteiger partial charge in [-0.2, -0.15) is 0 Å². The van der Waals surface area contributed by atoms with Crippen molar-refractivity contribution in [2.45, 2.75) is 6.54 Å². The minimum absolute atomic E-state index is 0.260. The fourth-order valence-electron chi connectivity index (χ4n) is 1.73. The van der Waals surface area contributed by atoms with Gasteiger partial charge in [-0.3, -0.25) is 9.78 Å². The first kappa shape index (κ1) is 12.8. The molecule has 0 fully saturated rings. The van der Waals surface area contributed by atoms with E-state index in [-0.39, 0.29) is 6.54 Å². The van der Waals surface area contributed by atoms with Crippen molar-refractivity contribution in [2.75, 3.05) is 11.1 Å². The number of benzene rings is 1. The molecule has 0 aliphatic carbocycles. The number of carbonyl (C=O) groups is 1. The number of nitrogens with zero attached hydrogens (tertiary/aromatic N) is 1. The molecule has 1 aromatic heterocycles. The molecule has 0 bridgehead atoms. The van der Waals surface area contributed by atoms with Gasteiger partial charge in [-0.15, -0.1) is 0 Å². The van der Waals surface area contributed by atoms with Crippen molar-refractivity contribution in [3.05, 3.63) is 53.6 Å². The fraction of sp³-hybridized carbons (Fsp3) is 0.0769. The quantitative estimate of drug-likeness (QED) is 0.726. The molecule has 19 heavy (non-hydrogen) atoms. The number of pyridine rings is 1. The van der Waals surface area contributed by atoms with Crippen LogP contribution in [0, 0.1) is 5.82 Å². The summed E-state index contributed by atoms with van der Waals surface area (Å²) < 4.78 is 13.0. The molecular formula is C13H13FN4O. The standard InChI is InChI=1S/C13H13FN4O/c14-8-4-9(6-17-5-8)18-7-11-10(13(16)19)2-1-3-12(11)15/h1-6,18H,7,15H2,(H2,16,19). The third-order valence-electron chi connectivity index (χ3n) is 2.65. The van der Waals surface area contributed by atoms with Crippen LogP contribution in [0.3, 0.4) is 0 Å². The highest BCUT2D eigenvalue weighted by molar-refractivity contribution is 5.95. The van der Waals surface area contributed by atoms with Crippen LogP contribution in [0.4, 0.5) is 15.8 Å². The second kappa shape index (κ2) is 5.34. The number of halogens is 1. The van der Waals surface area contributed by atoms with Crippen molar-refractivity contribution in [3.8, 4) is 0 Å². The van der Waals surface area contributed by atoms with E-state index in [1.54, 1.807) is 18.2 Å². The third kappa shape index (κ3) is 2.98. The summed E-state index contributed by atoms with van der Waals surface area (Å²) in [5.41, 5.74) is 13.0. The van der Waals surface area contributed by atoms with E-state index in [9.17, 15) is 9.18 Å². The van der Waals surface area contributed by atoms with E-state index in [4.69, 9.17) is 11.5 Å². The highest BCUT2D eigenvalue weighted by Crippen LogP contribution is 2.18. The van der Waals surface area contributed by atoms with E-state index in [0.717, 1.165) is 6.20 Å². The van der Waals surface area contributed by atoms with Crippen molar-refractivity contribution < 1.29 is 9.18 Å². The number of aromatic nitrogens is 1. The van der Waals surface area contributed by atoms with Crippen molar-refractivity contribution in [1.29, 1.82) is 0 Å². The minimum Gasteiger partial charge on any atom is -0.398 e. The lowest BCUT2D eigenvalue weighted by atomic mass is 10.0. The van der Waals surface area contributed by atoms with Crippen LogP contribution in [0.25, 0.3) is 0 Å². The molecule has 0 spiro atoms. The van der Waals surface area contributed by atoms with E-state index in [2.05, 4.69) is 10.3 Å². The third-order valence-corrected chi connectivity index (χ3v) is 2.65. The molecule has 0 radical (unpaired) electrons. The first-order valence-electron chi connectivity index (χ1n) is 5.59. The minimum atomic E-state index is -0.554. The summed E-state index contributed by atoms with van der Waals surface area (Å²) in [5, 5.41) is 2.95. The Morgan fingerprint density at radius 2 is 2.16 bits per heavy atom. The Bertz CT molecular complexity index is 615. The second-order valence-electron chi connectivity index (χ2n) is 3.98. The Labute approximate surface area is 109 Å². The Hall–Kier alpha value is -2.63. The van der Waals surface area contributed by atoms with Gasteiger partial charge in [-0.05, 0) is 12.1 Å². The van der Waals surface area contributed by atoms with Gasteiger partial charge >= 0.3 is 0 Å². The smallest absolute Gasteiger partial charge is 0.249 e. The van der Waals surface area contributed by atoms with Gasteiger partial charge in [-0.1, -0.05) is 6.07 Å². The normalized spacial score (nSPS) is 10.2. The summed E-state index contributed by atoms with van der Waals surface area (Å²) >= 11 is 0. The monoisotopic (exact) mass is 260 g/mol. The zero-order valence-electron chi connectivity index (χ0n) is 10.1. The molecule has 0 unspecified atom stereocenters. The number of anilines is 2. The lowest BCUT2D eigenvalue weighted by Gasteiger charge is -2.11. The maximum Gasteiger partial charge on any atom is 0.249 e. The Balaban J connectivity index is 2.22. The largest absolute Gasteiger partial charge is 0.398 e. The van der Waals surface area contributed by atoms with Crippen LogP contribution >= 0.6 is 0 Å². The number of rotatable bonds is 4. The molecule has 2 aromatic rings. The molecule has 2 rings (SSSR count). The average molecular weight is 260 g/mol. The van der Waals surface area contributed by atoms with Crippen LogP contribution < -0.4 is 16.8 Å². The van der Waals surface area contributed by atoms with Gasteiger partial charge in [0.05, 0.1) is 18.1 Å². The highest BCUT2D eigenvalue weighted by atomic mass is 19.1. The molecule has 98 valence electrons. The number of hydrogen-bond donors (Lipinski definition) is 3. The number of nitrogen functional groups attached to an aromatic ring is 1. The molecule has 0 atom stereocenters. The maximum absolute atomic E-state index is 13.0. The second-order valence-corrected chi connectivity index (χ2v) is 3.98. The van der Waals surface area contributed by atoms with Gasteiger partial charge in [0.2, 0.25) is 5.91 Å². The summed E-state index contributed by atoms with van der Waals surface area (Å²) in [5.74, 6) is -0.998. The van der Waals surface area contributed by atoms with Gasteiger partial charge < -0.3 is 16.8 Å². The predicted molar refractivity (Wildman–Crippen MR) is 70.9 cm³/mol. The number of nitrogens with one attached hydrogen (secondary N) is 1. The van der Waals surface area contributed by atoms with E-state index < -0.39 is 11.7 Å². The van der Waals surface area contributed by atoms with Gasteiger partial charge in [0, 0.05) is 29.4 Å². The Morgan fingerprint density at radius 1 is 1.37 bits per heavy atom. The molecule has 0 aliphatic heterocycles. The summed E-state index contributed by atoms with van der Waals surface area (Å²) in [6.07, 6.45) is 2.59. The highest BCUT2D eigenvalue weighted by Gasteiger charge is 2.10. The van der Waals surface area contributed by atoms with Crippen LogP contribution in [0.15, 0.2) is 36.7 Å².